The Bertz CT molecular complexity index is 527. The first-order valence-electron chi connectivity index (χ1n) is 6.98. The highest BCUT2D eigenvalue weighted by Crippen LogP contribution is 2.17. The van der Waals surface area contributed by atoms with E-state index < -0.39 is 0 Å². The molecule has 0 bridgehead atoms. The van der Waals surface area contributed by atoms with Gasteiger partial charge in [-0.15, -0.1) is 0 Å². The van der Waals surface area contributed by atoms with Crippen LogP contribution in [0.15, 0.2) is 48.8 Å². The Morgan fingerprint density at radius 3 is 2.25 bits per heavy atom. The molecule has 0 saturated carbocycles. The van der Waals surface area contributed by atoms with Crippen molar-refractivity contribution in [1.82, 2.24) is 4.57 Å². The van der Waals surface area contributed by atoms with Crippen LogP contribution in [0.4, 0.5) is 11.4 Å². The third-order valence-corrected chi connectivity index (χ3v) is 3.27. The number of amides is 1. The monoisotopic (exact) mass is 271 g/mol. The van der Waals surface area contributed by atoms with Crippen molar-refractivity contribution in [2.45, 2.75) is 20.4 Å². The molecular formula is C16H21N3O. The van der Waals surface area contributed by atoms with Crippen LogP contribution in [0.2, 0.25) is 0 Å². The SMILES string of the molecule is CCN(CC)c1ccc(NC(=O)Cn2cccc2)cc1. The lowest BCUT2D eigenvalue weighted by Crippen LogP contribution is -2.22. The molecular weight excluding hydrogens is 250 g/mol. The first-order valence-corrected chi connectivity index (χ1v) is 6.98. The average Bonchev–Trinajstić information content (AvgIpc) is 2.94. The summed E-state index contributed by atoms with van der Waals surface area (Å²) in [4.78, 5) is 14.1. The average molecular weight is 271 g/mol. The molecule has 0 saturated heterocycles. The van der Waals surface area contributed by atoms with Gasteiger partial charge in [-0.1, -0.05) is 0 Å². The van der Waals surface area contributed by atoms with Crippen molar-refractivity contribution in [3.8, 4) is 0 Å². The smallest absolute Gasteiger partial charge is 0.244 e. The van der Waals surface area contributed by atoms with Gasteiger partial charge in [0.15, 0.2) is 0 Å². The van der Waals surface area contributed by atoms with E-state index in [0.29, 0.717) is 6.54 Å². The molecule has 0 aliphatic rings. The number of hydrogen-bond acceptors (Lipinski definition) is 2. The fourth-order valence-electron chi connectivity index (χ4n) is 2.19. The zero-order valence-corrected chi connectivity index (χ0v) is 12.0. The lowest BCUT2D eigenvalue weighted by Gasteiger charge is -2.21. The van der Waals surface area contributed by atoms with E-state index in [4.69, 9.17) is 0 Å². The minimum Gasteiger partial charge on any atom is -0.372 e. The fourth-order valence-corrected chi connectivity index (χ4v) is 2.19. The molecule has 0 aliphatic heterocycles. The first-order chi connectivity index (χ1) is 9.72. The molecule has 2 rings (SSSR count). The number of carbonyl (C=O) groups is 1. The molecule has 0 spiro atoms. The third kappa shape index (κ3) is 3.63. The van der Waals surface area contributed by atoms with E-state index >= 15 is 0 Å². The van der Waals surface area contributed by atoms with Gasteiger partial charge in [-0.05, 0) is 50.2 Å². The van der Waals surface area contributed by atoms with Crippen molar-refractivity contribution >= 4 is 17.3 Å². The molecule has 0 atom stereocenters. The maximum Gasteiger partial charge on any atom is 0.244 e. The van der Waals surface area contributed by atoms with E-state index in [9.17, 15) is 4.79 Å². The summed E-state index contributed by atoms with van der Waals surface area (Å²) in [6.45, 7) is 6.57. The van der Waals surface area contributed by atoms with Gasteiger partial charge in [-0.25, -0.2) is 0 Å². The molecule has 0 radical (unpaired) electrons. The van der Waals surface area contributed by atoms with Gasteiger partial charge >= 0.3 is 0 Å². The molecule has 106 valence electrons. The van der Waals surface area contributed by atoms with Crippen molar-refractivity contribution in [3.05, 3.63) is 48.8 Å². The van der Waals surface area contributed by atoms with Crippen LogP contribution < -0.4 is 10.2 Å². The second-order valence-electron chi connectivity index (χ2n) is 4.62. The number of hydrogen-bond donors (Lipinski definition) is 1. The molecule has 1 heterocycles. The molecule has 4 nitrogen and oxygen atoms in total. The Labute approximate surface area is 120 Å². The lowest BCUT2D eigenvalue weighted by atomic mass is 10.2. The van der Waals surface area contributed by atoms with Gasteiger partial charge in [0, 0.05) is 36.9 Å². The van der Waals surface area contributed by atoms with Crippen molar-refractivity contribution < 1.29 is 4.79 Å². The van der Waals surface area contributed by atoms with Gasteiger partial charge in [-0.3, -0.25) is 4.79 Å². The van der Waals surface area contributed by atoms with E-state index in [1.165, 1.54) is 5.69 Å². The van der Waals surface area contributed by atoms with Gasteiger partial charge in [-0.2, -0.15) is 0 Å². The van der Waals surface area contributed by atoms with Crippen molar-refractivity contribution in [2.24, 2.45) is 0 Å². The molecule has 1 aromatic heterocycles. The highest BCUT2D eigenvalue weighted by atomic mass is 16.1. The maximum absolute atomic E-state index is 11.9. The van der Waals surface area contributed by atoms with E-state index in [2.05, 4.69) is 24.1 Å². The number of anilines is 2. The van der Waals surface area contributed by atoms with Gasteiger partial charge < -0.3 is 14.8 Å². The van der Waals surface area contributed by atoms with Crippen LogP contribution in [0.3, 0.4) is 0 Å². The molecule has 4 heteroatoms. The minimum atomic E-state index is -0.0169. The normalized spacial score (nSPS) is 10.3. The van der Waals surface area contributed by atoms with Crippen molar-refractivity contribution in [1.29, 1.82) is 0 Å². The Morgan fingerprint density at radius 2 is 1.70 bits per heavy atom. The maximum atomic E-state index is 11.9. The van der Waals surface area contributed by atoms with Crippen LogP contribution in [0.1, 0.15) is 13.8 Å². The zero-order valence-electron chi connectivity index (χ0n) is 12.0. The number of nitrogens with zero attached hydrogens (tertiary/aromatic N) is 2. The second kappa shape index (κ2) is 6.80. The molecule has 0 fully saturated rings. The topological polar surface area (TPSA) is 37.3 Å². The summed E-state index contributed by atoms with van der Waals surface area (Å²) in [6.07, 6.45) is 3.76. The third-order valence-electron chi connectivity index (χ3n) is 3.27. The highest BCUT2D eigenvalue weighted by Gasteiger charge is 2.04. The lowest BCUT2D eigenvalue weighted by molar-refractivity contribution is -0.116. The Hall–Kier alpha value is -2.23. The van der Waals surface area contributed by atoms with Crippen molar-refractivity contribution in [3.63, 3.8) is 0 Å². The summed E-state index contributed by atoms with van der Waals surface area (Å²) in [5, 5.41) is 2.90. The van der Waals surface area contributed by atoms with Crippen LogP contribution in [0.5, 0.6) is 0 Å². The standard InChI is InChI=1S/C16H21N3O/c1-3-19(4-2)15-9-7-14(8-10-15)17-16(20)13-18-11-5-6-12-18/h5-12H,3-4,13H2,1-2H3,(H,17,20). The fraction of sp³-hybridized carbons (Fsp3) is 0.312. The van der Waals surface area contributed by atoms with Crippen LogP contribution in [-0.2, 0) is 11.3 Å². The van der Waals surface area contributed by atoms with Gasteiger partial charge in [0.1, 0.15) is 6.54 Å². The summed E-state index contributed by atoms with van der Waals surface area (Å²) in [5.74, 6) is -0.0169. The predicted octanol–water partition coefficient (Wildman–Crippen LogP) is 2.97. The summed E-state index contributed by atoms with van der Waals surface area (Å²) in [5.41, 5.74) is 2.01. The van der Waals surface area contributed by atoms with Gasteiger partial charge in [0.2, 0.25) is 5.91 Å². The van der Waals surface area contributed by atoms with E-state index in [1.807, 2.05) is 53.4 Å². The Morgan fingerprint density at radius 1 is 1.10 bits per heavy atom. The Kier molecular flexibility index (Phi) is 4.82. The Balaban J connectivity index is 1.95. The largest absolute Gasteiger partial charge is 0.372 e. The van der Waals surface area contributed by atoms with Crippen LogP contribution >= 0.6 is 0 Å². The molecule has 1 aromatic carbocycles. The summed E-state index contributed by atoms with van der Waals surface area (Å²) in [7, 11) is 0. The number of rotatable bonds is 6. The molecule has 1 amide bonds. The predicted molar refractivity (Wildman–Crippen MR) is 83.1 cm³/mol. The quantitative estimate of drug-likeness (QED) is 0.877. The van der Waals surface area contributed by atoms with E-state index in [-0.39, 0.29) is 5.91 Å². The van der Waals surface area contributed by atoms with E-state index in [0.717, 1.165) is 18.8 Å². The zero-order chi connectivity index (χ0) is 14.4. The number of nitrogens with one attached hydrogen (secondary N) is 1. The minimum absolute atomic E-state index is 0.0169. The summed E-state index contributed by atoms with van der Waals surface area (Å²) in [6, 6.07) is 11.8. The van der Waals surface area contributed by atoms with Gasteiger partial charge in [0.25, 0.3) is 0 Å². The van der Waals surface area contributed by atoms with Crippen LogP contribution in [0.25, 0.3) is 0 Å². The number of aromatic nitrogens is 1. The number of benzene rings is 1. The molecule has 20 heavy (non-hydrogen) atoms. The van der Waals surface area contributed by atoms with Gasteiger partial charge in [0.05, 0.1) is 0 Å². The van der Waals surface area contributed by atoms with Crippen molar-refractivity contribution in [2.75, 3.05) is 23.3 Å². The second-order valence-corrected chi connectivity index (χ2v) is 4.62. The number of carbonyl (C=O) groups excluding carboxylic acids is 1. The van der Waals surface area contributed by atoms with Crippen LogP contribution in [-0.4, -0.2) is 23.6 Å². The first kappa shape index (κ1) is 14.2. The van der Waals surface area contributed by atoms with E-state index in [1.54, 1.807) is 0 Å². The molecule has 0 aliphatic carbocycles. The molecule has 1 N–H and O–H groups in total. The molecule has 0 unspecified atom stereocenters. The highest BCUT2D eigenvalue weighted by molar-refractivity contribution is 5.90. The van der Waals surface area contributed by atoms with Crippen LogP contribution in [0, 0.1) is 0 Å². The molecule has 2 aromatic rings. The summed E-state index contributed by atoms with van der Waals surface area (Å²) < 4.78 is 1.85. The summed E-state index contributed by atoms with van der Waals surface area (Å²) >= 11 is 0.